The van der Waals surface area contributed by atoms with Gasteiger partial charge in [-0.1, -0.05) is 30.3 Å². The summed E-state index contributed by atoms with van der Waals surface area (Å²) in [6.45, 7) is 0. The van der Waals surface area contributed by atoms with Crippen molar-refractivity contribution in [1.82, 2.24) is 23.9 Å². The first-order chi connectivity index (χ1) is 15.3. The number of rotatable bonds is 4. The van der Waals surface area contributed by atoms with Crippen molar-refractivity contribution in [3.05, 3.63) is 86.6 Å². The third-order valence-electron chi connectivity index (χ3n) is 4.73. The van der Waals surface area contributed by atoms with Crippen molar-refractivity contribution < 1.29 is 8.78 Å². The van der Waals surface area contributed by atoms with Gasteiger partial charge in [-0.05, 0) is 23.9 Å². The van der Waals surface area contributed by atoms with Gasteiger partial charge in [0.25, 0.3) is 5.56 Å². The van der Waals surface area contributed by atoms with Gasteiger partial charge in [-0.25, -0.2) is 13.6 Å². The molecule has 0 saturated heterocycles. The summed E-state index contributed by atoms with van der Waals surface area (Å²) in [5.74, 6) is -1.36. The van der Waals surface area contributed by atoms with Crippen LogP contribution in [0, 0.1) is 23.0 Å². The van der Waals surface area contributed by atoms with Crippen molar-refractivity contribution in [2.75, 3.05) is 0 Å². The number of nitriles is 1. The van der Waals surface area contributed by atoms with Gasteiger partial charge in [-0.3, -0.25) is 18.5 Å². The molecule has 0 N–H and O–H groups in total. The van der Waals surface area contributed by atoms with Gasteiger partial charge in [0.2, 0.25) is 5.16 Å². The molecule has 0 aliphatic heterocycles. The fourth-order valence-corrected chi connectivity index (χ4v) is 4.10. The molecule has 0 fully saturated rings. The average molecular weight is 452 g/mol. The predicted octanol–water partition coefficient (Wildman–Crippen LogP) is 2.63. The van der Waals surface area contributed by atoms with Crippen LogP contribution in [0.15, 0.2) is 68.3 Å². The topological polar surface area (TPSA) is 98.5 Å². The number of halogens is 2. The molecular weight excluding hydrogens is 438 g/mol. The first-order valence-corrected chi connectivity index (χ1v) is 9.99. The van der Waals surface area contributed by atoms with E-state index in [4.69, 9.17) is 0 Å². The van der Waals surface area contributed by atoms with E-state index in [1.165, 1.54) is 24.7 Å². The lowest BCUT2D eigenvalue weighted by molar-refractivity contribution is 0.575. The van der Waals surface area contributed by atoms with Crippen LogP contribution in [-0.2, 0) is 14.1 Å². The van der Waals surface area contributed by atoms with Gasteiger partial charge in [0, 0.05) is 25.7 Å². The Balaban J connectivity index is 1.98. The minimum atomic E-state index is -0.859. The summed E-state index contributed by atoms with van der Waals surface area (Å²) >= 11 is 0.808. The van der Waals surface area contributed by atoms with Crippen molar-refractivity contribution in [2.24, 2.45) is 14.1 Å². The molecule has 11 heteroatoms. The minimum Gasteiger partial charge on any atom is -0.289 e. The number of aromatic nitrogens is 5. The largest absolute Gasteiger partial charge is 0.331 e. The van der Waals surface area contributed by atoms with E-state index in [0.717, 1.165) is 33.0 Å². The molecule has 0 amide bonds. The molecule has 32 heavy (non-hydrogen) atoms. The van der Waals surface area contributed by atoms with Crippen molar-refractivity contribution in [3.63, 3.8) is 0 Å². The third-order valence-corrected chi connectivity index (χ3v) is 5.84. The molecular formula is C21H14F2N6O2S. The fourth-order valence-electron chi connectivity index (χ4n) is 3.12. The van der Waals surface area contributed by atoms with E-state index in [0.29, 0.717) is 5.56 Å². The molecule has 0 spiro atoms. The van der Waals surface area contributed by atoms with Crippen LogP contribution in [0.2, 0.25) is 0 Å². The second-order valence-electron chi connectivity index (χ2n) is 6.70. The number of nitrogens with zero attached hydrogens (tertiary/aromatic N) is 6. The van der Waals surface area contributed by atoms with Gasteiger partial charge in [0.15, 0.2) is 5.82 Å². The maximum atomic E-state index is 14.7. The summed E-state index contributed by atoms with van der Waals surface area (Å²) in [7, 11) is 2.67. The average Bonchev–Trinajstić information content (AvgIpc) is 3.20. The van der Waals surface area contributed by atoms with Gasteiger partial charge in [0.1, 0.15) is 28.3 Å². The van der Waals surface area contributed by atoms with E-state index in [2.05, 4.69) is 10.2 Å². The van der Waals surface area contributed by atoms with Crippen molar-refractivity contribution in [3.8, 4) is 23.1 Å². The van der Waals surface area contributed by atoms with Crippen LogP contribution >= 0.6 is 11.8 Å². The summed E-state index contributed by atoms with van der Waals surface area (Å²) in [5.41, 5.74) is -1.10. The Labute approximate surface area is 184 Å². The Morgan fingerprint density at radius 3 is 2.38 bits per heavy atom. The first-order valence-electron chi connectivity index (χ1n) is 9.17. The third kappa shape index (κ3) is 3.50. The lowest BCUT2D eigenvalue weighted by Crippen LogP contribution is -2.39. The molecule has 0 aliphatic rings. The Bertz CT molecular complexity index is 1500. The Morgan fingerprint density at radius 2 is 1.72 bits per heavy atom. The van der Waals surface area contributed by atoms with Crippen LogP contribution in [0.25, 0.3) is 17.1 Å². The summed E-state index contributed by atoms with van der Waals surface area (Å²) in [6, 6.07) is 13.7. The lowest BCUT2D eigenvalue weighted by Gasteiger charge is -2.13. The SMILES string of the molecule is Cn1c(Sc2nnc(-c3ccccc3)n2-c2ccc(F)cc2F)c(C#N)c(=O)n(C)c1=O. The van der Waals surface area contributed by atoms with Gasteiger partial charge in [-0.15, -0.1) is 10.2 Å². The fraction of sp³-hybridized carbons (Fsp3) is 0.0952. The van der Waals surface area contributed by atoms with Crippen LogP contribution in [-0.4, -0.2) is 23.9 Å². The van der Waals surface area contributed by atoms with Crippen LogP contribution in [0.1, 0.15) is 5.56 Å². The van der Waals surface area contributed by atoms with Crippen molar-refractivity contribution >= 4 is 11.8 Å². The smallest absolute Gasteiger partial charge is 0.289 e. The number of benzene rings is 2. The number of hydrogen-bond donors (Lipinski definition) is 0. The second-order valence-corrected chi connectivity index (χ2v) is 7.66. The van der Waals surface area contributed by atoms with Crippen LogP contribution in [0.4, 0.5) is 8.78 Å². The zero-order chi connectivity index (χ0) is 23.0. The van der Waals surface area contributed by atoms with E-state index < -0.39 is 22.9 Å². The maximum absolute atomic E-state index is 14.7. The van der Waals surface area contributed by atoms with Crippen LogP contribution < -0.4 is 11.2 Å². The Kier molecular flexibility index (Phi) is 5.46. The van der Waals surface area contributed by atoms with Crippen molar-refractivity contribution in [2.45, 2.75) is 10.2 Å². The molecule has 8 nitrogen and oxygen atoms in total. The molecule has 0 saturated carbocycles. The molecule has 4 rings (SSSR count). The molecule has 2 aromatic carbocycles. The number of hydrogen-bond acceptors (Lipinski definition) is 6. The highest BCUT2D eigenvalue weighted by Crippen LogP contribution is 2.33. The normalized spacial score (nSPS) is 10.8. The summed E-state index contributed by atoms with van der Waals surface area (Å²) < 4.78 is 31.6. The molecule has 2 heterocycles. The lowest BCUT2D eigenvalue weighted by atomic mass is 10.2. The van der Waals surface area contributed by atoms with Gasteiger partial charge >= 0.3 is 5.69 Å². The quantitative estimate of drug-likeness (QED) is 0.442. The van der Waals surface area contributed by atoms with E-state index in [-0.39, 0.29) is 27.3 Å². The molecule has 0 radical (unpaired) electrons. The second kappa shape index (κ2) is 8.24. The Hall–Kier alpha value is -4.04. The highest BCUT2D eigenvalue weighted by atomic mass is 32.2. The van der Waals surface area contributed by atoms with Crippen molar-refractivity contribution in [1.29, 1.82) is 5.26 Å². The molecule has 160 valence electrons. The predicted molar refractivity (Wildman–Crippen MR) is 112 cm³/mol. The summed E-state index contributed by atoms with van der Waals surface area (Å²) in [5, 5.41) is 17.9. The summed E-state index contributed by atoms with van der Waals surface area (Å²) in [4.78, 5) is 24.8. The van der Waals surface area contributed by atoms with E-state index in [1.807, 2.05) is 6.07 Å². The van der Waals surface area contributed by atoms with Gasteiger partial charge in [-0.2, -0.15) is 5.26 Å². The van der Waals surface area contributed by atoms with E-state index in [1.54, 1.807) is 30.3 Å². The minimum absolute atomic E-state index is 0.0244. The standard InChI is InChI=1S/C21H14F2N6O2S/c1-27-18(30)14(11-24)19(28(2)21(27)31)32-20-26-25-17(12-6-4-3-5-7-12)29(20)16-9-8-13(22)10-15(16)23/h3-10H,1-2H3. The molecule has 0 unspecified atom stereocenters. The molecule has 0 aliphatic carbocycles. The zero-order valence-corrected chi connectivity index (χ0v) is 17.6. The maximum Gasteiger partial charge on any atom is 0.331 e. The molecule has 0 bridgehead atoms. The van der Waals surface area contributed by atoms with Crippen LogP contribution in [0.3, 0.4) is 0 Å². The van der Waals surface area contributed by atoms with E-state index >= 15 is 0 Å². The summed E-state index contributed by atoms with van der Waals surface area (Å²) in [6.07, 6.45) is 0. The van der Waals surface area contributed by atoms with Crippen LogP contribution in [0.5, 0.6) is 0 Å². The Morgan fingerprint density at radius 1 is 1.00 bits per heavy atom. The molecule has 4 aromatic rings. The monoisotopic (exact) mass is 452 g/mol. The molecule has 2 aromatic heterocycles. The molecule has 0 atom stereocenters. The highest BCUT2D eigenvalue weighted by molar-refractivity contribution is 7.99. The highest BCUT2D eigenvalue weighted by Gasteiger charge is 2.23. The zero-order valence-electron chi connectivity index (χ0n) is 16.8. The van der Waals surface area contributed by atoms with Gasteiger partial charge in [0.05, 0.1) is 5.69 Å². The van der Waals surface area contributed by atoms with Gasteiger partial charge < -0.3 is 0 Å². The first kappa shape index (κ1) is 21.2. The van der Waals surface area contributed by atoms with E-state index in [9.17, 15) is 23.6 Å².